The number of amides is 1. The molecule has 0 radical (unpaired) electrons. The van der Waals surface area contributed by atoms with Gasteiger partial charge in [-0.05, 0) is 42.0 Å². The van der Waals surface area contributed by atoms with Crippen LogP contribution in [-0.4, -0.2) is 22.9 Å². The number of carbonyl (C=O) groups is 1. The lowest BCUT2D eigenvalue weighted by Crippen LogP contribution is -2.26. The minimum absolute atomic E-state index is 0.00803. The zero-order valence-corrected chi connectivity index (χ0v) is 16.6. The number of pyridine rings is 1. The Labute approximate surface area is 170 Å². The molecule has 0 fully saturated rings. The second-order valence-corrected chi connectivity index (χ2v) is 6.95. The van der Waals surface area contributed by atoms with Crippen LogP contribution in [0.5, 0.6) is 0 Å². The summed E-state index contributed by atoms with van der Waals surface area (Å²) in [6.45, 7) is 0.421. The van der Waals surface area contributed by atoms with Crippen molar-refractivity contribution >= 4 is 38.9 Å². The molecule has 3 rings (SSSR count). The van der Waals surface area contributed by atoms with Gasteiger partial charge >= 0.3 is 0 Å². The summed E-state index contributed by atoms with van der Waals surface area (Å²) in [6.07, 6.45) is 3.16. The van der Waals surface area contributed by atoms with Crippen molar-refractivity contribution in [1.82, 2.24) is 4.98 Å². The van der Waals surface area contributed by atoms with Crippen LogP contribution in [0.2, 0.25) is 0 Å². The normalized spacial score (nSPS) is 10.4. The number of hydrogen-bond donors (Lipinski definition) is 1. The summed E-state index contributed by atoms with van der Waals surface area (Å²) in [6, 6.07) is 15.6. The van der Waals surface area contributed by atoms with E-state index in [9.17, 15) is 14.9 Å². The van der Waals surface area contributed by atoms with Crippen molar-refractivity contribution in [2.24, 2.45) is 0 Å². The highest BCUT2D eigenvalue weighted by Gasteiger charge is 2.15. The van der Waals surface area contributed by atoms with Gasteiger partial charge in [0.15, 0.2) is 0 Å². The van der Waals surface area contributed by atoms with Gasteiger partial charge in [0, 0.05) is 47.8 Å². The van der Waals surface area contributed by atoms with Crippen LogP contribution in [0.25, 0.3) is 0 Å². The lowest BCUT2D eigenvalue weighted by Gasteiger charge is -2.18. The van der Waals surface area contributed by atoms with Gasteiger partial charge in [0.05, 0.1) is 4.92 Å². The van der Waals surface area contributed by atoms with Gasteiger partial charge in [-0.3, -0.25) is 19.9 Å². The SMILES string of the molecule is CN(C(=O)c1ccncc1)c1ccc(CNc2ccc(Br)cc2[N+](=O)[O-])cc1. The van der Waals surface area contributed by atoms with Crippen LogP contribution < -0.4 is 10.2 Å². The van der Waals surface area contributed by atoms with E-state index in [4.69, 9.17) is 0 Å². The molecule has 0 spiro atoms. The van der Waals surface area contributed by atoms with E-state index in [0.29, 0.717) is 22.3 Å². The van der Waals surface area contributed by atoms with Crippen LogP contribution >= 0.6 is 15.9 Å². The van der Waals surface area contributed by atoms with Gasteiger partial charge in [-0.2, -0.15) is 0 Å². The summed E-state index contributed by atoms with van der Waals surface area (Å²) >= 11 is 3.24. The Bertz CT molecular complexity index is 994. The largest absolute Gasteiger partial charge is 0.375 e. The molecule has 1 amide bonds. The van der Waals surface area contributed by atoms with E-state index in [1.807, 2.05) is 24.3 Å². The van der Waals surface area contributed by atoms with Gasteiger partial charge < -0.3 is 10.2 Å². The summed E-state index contributed by atoms with van der Waals surface area (Å²) < 4.78 is 0.649. The van der Waals surface area contributed by atoms with Crippen LogP contribution in [-0.2, 0) is 6.54 Å². The average Bonchev–Trinajstić information content (AvgIpc) is 2.72. The second-order valence-electron chi connectivity index (χ2n) is 6.04. The number of carbonyl (C=O) groups excluding carboxylic acids is 1. The zero-order valence-electron chi connectivity index (χ0n) is 15.0. The molecule has 2 aromatic carbocycles. The van der Waals surface area contributed by atoms with Crippen LogP contribution in [0.4, 0.5) is 17.1 Å². The van der Waals surface area contributed by atoms with Crippen molar-refractivity contribution in [2.75, 3.05) is 17.3 Å². The summed E-state index contributed by atoms with van der Waals surface area (Å²) in [5.41, 5.74) is 2.70. The molecule has 1 N–H and O–H groups in total. The first kappa shape index (κ1) is 19.5. The fourth-order valence-corrected chi connectivity index (χ4v) is 2.99. The fraction of sp³-hybridized carbons (Fsp3) is 0.100. The predicted octanol–water partition coefficient (Wildman–Crippen LogP) is 4.64. The summed E-state index contributed by atoms with van der Waals surface area (Å²) in [5.74, 6) is -0.126. The molecule has 0 atom stereocenters. The van der Waals surface area contributed by atoms with Gasteiger partial charge in [0.1, 0.15) is 5.69 Å². The third-order valence-corrected chi connectivity index (χ3v) is 4.69. The first-order valence-electron chi connectivity index (χ1n) is 8.40. The number of hydrogen-bond acceptors (Lipinski definition) is 5. The van der Waals surface area contributed by atoms with Crippen molar-refractivity contribution in [3.63, 3.8) is 0 Å². The Morgan fingerprint density at radius 2 is 1.82 bits per heavy atom. The fourth-order valence-electron chi connectivity index (χ4n) is 2.65. The van der Waals surface area contributed by atoms with Crippen LogP contribution in [0.1, 0.15) is 15.9 Å². The van der Waals surface area contributed by atoms with Crippen molar-refractivity contribution in [3.8, 4) is 0 Å². The van der Waals surface area contributed by atoms with E-state index in [1.54, 1.807) is 48.6 Å². The molecule has 8 heteroatoms. The number of halogens is 1. The number of anilines is 2. The molecule has 0 saturated heterocycles. The molecule has 0 aliphatic heterocycles. The topological polar surface area (TPSA) is 88.4 Å². The molecule has 7 nitrogen and oxygen atoms in total. The highest BCUT2D eigenvalue weighted by Crippen LogP contribution is 2.28. The smallest absolute Gasteiger partial charge is 0.293 e. The summed E-state index contributed by atoms with van der Waals surface area (Å²) in [5, 5.41) is 14.3. The van der Waals surface area contributed by atoms with Crippen LogP contribution in [0, 0.1) is 10.1 Å². The first-order valence-corrected chi connectivity index (χ1v) is 9.20. The summed E-state index contributed by atoms with van der Waals surface area (Å²) in [7, 11) is 1.71. The number of nitro benzene ring substituents is 1. The van der Waals surface area contributed by atoms with Crippen molar-refractivity contribution < 1.29 is 9.72 Å². The molecule has 1 heterocycles. The maximum atomic E-state index is 12.5. The highest BCUT2D eigenvalue weighted by atomic mass is 79.9. The van der Waals surface area contributed by atoms with E-state index in [0.717, 1.165) is 11.3 Å². The first-order chi connectivity index (χ1) is 13.5. The standard InChI is InChI=1S/C20H17BrN4O3/c1-24(20(26)15-8-10-22-11-9-15)17-5-2-14(3-6-17)13-23-18-7-4-16(21)12-19(18)25(27)28/h2-12,23H,13H2,1H3. The van der Waals surface area contributed by atoms with Gasteiger partial charge in [-0.25, -0.2) is 0 Å². The Morgan fingerprint density at radius 3 is 2.46 bits per heavy atom. The van der Waals surface area contributed by atoms with E-state index in [1.165, 1.54) is 6.07 Å². The average molecular weight is 441 g/mol. The van der Waals surface area contributed by atoms with Crippen molar-refractivity contribution in [3.05, 3.63) is 92.7 Å². The Kier molecular flexibility index (Phi) is 6.00. The van der Waals surface area contributed by atoms with E-state index >= 15 is 0 Å². The molecule has 0 saturated carbocycles. The minimum Gasteiger partial charge on any atom is -0.375 e. The van der Waals surface area contributed by atoms with E-state index < -0.39 is 4.92 Å². The number of aromatic nitrogens is 1. The van der Waals surface area contributed by atoms with Crippen LogP contribution in [0.3, 0.4) is 0 Å². The molecule has 0 bridgehead atoms. The molecule has 0 aliphatic carbocycles. The molecule has 0 unspecified atom stereocenters. The second kappa shape index (κ2) is 8.62. The van der Waals surface area contributed by atoms with Crippen molar-refractivity contribution in [1.29, 1.82) is 0 Å². The number of nitrogens with zero attached hydrogens (tertiary/aromatic N) is 3. The van der Waals surface area contributed by atoms with Gasteiger partial charge in [-0.15, -0.1) is 0 Å². The molecule has 142 valence electrons. The number of rotatable bonds is 6. The Morgan fingerprint density at radius 1 is 1.14 bits per heavy atom. The number of nitro groups is 1. The Hall–Kier alpha value is -3.26. The summed E-state index contributed by atoms with van der Waals surface area (Å²) in [4.78, 5) is 28.7. The Balaban J connectivity index is 1.68. The molecule has 3 aromatic rings. The third kappa shape index (κ3) is 4.52. The van der Waals surface area contributed by atoms with Crippen LogP contribution in [0.15, 0.2) is 71.5 Å². The quantitative estimate of drug-likeness (QED) is 0.445. The van der Waals surface area contributed by atoms with Gasteiger partial charge in [0.2, 0.25) is 0 Å². The predicted molar refractivity (Wildman–Crippen MR) is 112 cm³/mol. The van der Waals surface area contributed by atoms with Gasteiger partial charge in [0.25, 0.3) is 11.6 Å². The maximum absolute atomic E-state index is 12.5. The van der Waals surface area contributed by atoms with Gasteiger partial charge in [-0.1, -0.05) is 28.1 Å². The monoisotopic (exact) mass is 440 g/mol. The highest BCUT2D eigenvalue weighted by molar-refractivity contribution is 9.10. The lowest BCUT2D eigenvalue weighted by molar-refractivity contribution is -0.384. The third-order valence-electron chi connectivity index (χ3n) is 4.19. The van der Waals surface area contributed by atoms with E-state index in [2.05, 4.69) is 26.2 Å². The number of nitrogens with one attached hydrogen (secondary N) is 1. The molecular formula is C20H17BrN4O3. The van der Waals surface area contributed by atoms with E-state index in [-0.39, 0.29) is 11.6 Å². The zero-order chi connectivity index (χ0) is 20.1. The molecular weight excluding hydrogens is 424 g/mol. The van der Waals surface area contributed by atoms with Crippen molar-refractivity contribution in [2.45, 2.75) is 6.54 Å². The molecule has 28 heavy (non-hydrogen) atoms. The molecule has 0 aliphatic rings. The minimum atomic E-state index is -0.421. The number of benzene rings is 2. The lowest BCUT2D eigenvalue weighted by atomic mass is 10.1. The molecule has 1 aromatic heterocycles. The maximum Gasteiger partial charge on any atom is 0.293 e.